The van der Waals surface area contributed by atoms with Gasteiger partial charge in [0.1, 0.15) is 5.60 Å². The molecule has 1 unspecified atom stereocenters. The summed E-state index contributed by atoms with van der Waals surface area (Å²) in [4.78, 5) is 26.6. The smallest absolute Gasteiger partial charge is 0.410 e. The normalized spacial score (nSPS) is 17.7. The molecule has 0 fully saturated rings. The van der Waals surface area contributed by atoms with E-state index < -0.39 is 11.7 Å². The first-order chi connectivity index (χ1) is 18.6. The van der Waals surface area contributed by atoms with Gasteiger partial charge in [0.2, 0.25) is 0 Å². The number of carbonyl (C=O) groups excluding carboxylic acids is 1. The largest absolute Gasteiger partial charge is 0.465 e. The molecule has 8 heteroatoms. The third kappa shape index (κ3) is 8.53. The molecule has 0 bridgehead atoms. The van der Waals surface area contributed by atoms with Gasteiger partial charge in [0.25, 0.3) is 0 Å². The highest BCUT2D eigenvalue weighted by Crippen LogP contribution is 2.36. The molecule has 40 heavy (non-hydrogen) atoms. The highest BCUT2D eigenvalue weighted by Gasteiger charge is 2.36. The molecule has 1 atom stereocenters. The van der Waals surface area contributed by atoms with Crippen molar-refractivity contribution in [1.29, 1.82) is 0 Å². The van der Waals surface area contributed by atoms with Crippen LogP contribution in [-0.4, -0.2) is 58.4 Å². The molecule has 2 aromatic carbocycles. The van der Waals surface area contributed by atoms with E-state index in [9.17, 15) is 14.7 Å². The van der Waals surface area contributed by atoms with E-state index in [-0.39, 0.29) is 17.6 Å². The van der Waals surface area contributed by atoms with E-state index in [1.165, 1.54) is 21.6 Å². The summed E-state index contributed by atoms with van der Waals surface area (Å²) in [5, 5.41) is 9.35. The van der Waals surface area contributed by atoms with Crippen molar-refractivity contribution in [3.8, 4) is 0 Å². The van der Waals surface area contributed by atoms with Crippen LogP contribution in [0.15, 0.2) is 60.7 Å². The predicted octanol–water partition coefficient (Wildman–Crippen LogP) is 6.74. The fourth-order valence-corrected chi connectivity index (χ4v) is 4.78. The quantitative estimate of drug-likeness (QED) is 0.357. The Labute approximate surface area is 238 Å². The summed E-state index contributed by atoms with van der Waals surface area (Å²) in [7, 11) is 0. The second-order valence-corrected chi connectivity index (χ2v) is 12.4. The van der Waals surface area contributed by atoms with Crippen LogP contribution in [0.2, 0.25) is 0 Å². The number of ether oxygens (including phenoxy) is 1. The lowest BCUT2D eigenvalue weighted by Gasteiger charge is -2.41. The zero-order valence-electron chi connectivity index (χ0n) is 24.6. The molecule has 0 aliphatic carbocycles. The number of amides is 2. The Bertz CT molecular complexity index is 1240. The van der Waals surface area contributed by atoms with Crippen LogP contribution >= 0.6 is 0 Å². The lowest BCUT2D eigenvalue weighted by molar-refractivity contribution is 0.0270. The summed E-state index contributed by atoms with van der Waals surface area (Å²) in [6.07, 6.45) is 4.56. The highest BCUT2D eigenvalue weighted by atomic mass is 16.6. The van der Waals surface area contributed by atoms with Crippen molar-refractivity contribution in [2.75, 3.05) is 31.1 Å². The summed E-state index contributed by atoms with van der Waals surface area (Å²) < 4.78 is 5.38. The van der Waals surface area contributed by atoms with Crippen molar-refractivity contribution in [2.45, 2.75) is 66.0 Å². The van der Waals surface area contributed by atoms with E-state index in [0.717, 1.165) is 29.8 Å². The molecule has 8 nitrogen and oxygen atoms in total. The van der Waals surface area contributed by atoms with Gasteiger partial charge in [0, 0.05) is 37.1 Å². The summed E-state index contributed by atoms with van der Waals surface area (Å²) in [5.41, 5.74) is 17.1. The van der Waals surface area contributed by atoms with Crippen molar-refractivity contribution in [1.82, 2.24) is 9.80 Å². The molecule has 2 heterocycles. The number of anilines is 2. The van der Waals surface area contributed by atoms with E-state index in [0.29, 0.717) is 19.6 Å². The first-order valence-corrected chi connectivity index (χ1v) is 13.7. The molecule has 4 rings (SSSR count). The van der Waals surface area contributed by atoms with Crippen LogP contribution in [0.3, 0.4) is 0 Å². The van der Waals surface area contributed by atoms with Crippen LogP contribution in [0.25, 0.3) is 11.1 Å². The number of nitrogens with two attached hydrogens (primary N) is 2. The molecular formula is C32H44N4O4. The third-order valence-electron chi connectivity index (χ3n) is 6.99. The standard InChI is InChI=1S/2C16H22N2O2/c1-16(2,3)20-15(19)18-10-8-13(9-11-18)12-4-6-14(17)7-5-12;1-16(2,3)14-10-12(8-9-18(14)15(19)20)11-4-6-13(17)7-5-11/h4-8H,9-11,17H2,1-3H3;4-8,14H,9-10,17H2,1-3H3,(H,19,20). The van der Waals surface area contributed by atoms with Crippen LogP contribution in [0.5, 0.6) is 0 Å². The number of nitrogens with zero attached hydrogens (tertiary/aromatic N) is 2. The second kappa shape index (κ2) is 12.5. The molecule has 2 aromatic rings. The molecule has 0 aromatic heterocycles. The zero-order valence-corrected chi connectivity index (χ0v) is 24.6. The molecular weight excluding hydrogens is 504 g/mol. The number of nitrogen functional groups attached to an aromatic ring is 2. The number of rotatable bonds is 2. The van der Waals surface area contributed by atoms with E-state index in [1.54, 1.807) is 4.90 Å². The van der Waals surface area contributed by atoms with Crippen LogP contribution in [-0.2, 0) is 4.74 Å². The van der Waals surface area contributed by atoms with Crippen LogP contribution in [0.1, 0.15) is 65.5 Å². The van der Waals surface area contributed by atoms with E-state index in [4.69, 9.17) is 16.2 Å². The molecule has 2 aliphatic rings. The maximum Gasteiger partial charge on any atom is 0.410 e. The van der Waals surface area contributed by atoms with E-state index in [1.807, 2.05) is 75.4 Å². The number of carbonyl (C=O) groups is 2. The Hall–Kier alpha value is -3.94. The van der Waals surface area contributed by atoms with Crippen molar-refractivity contribution >= 4 is 34.7 Å². The summed E-state index contributed by atoms with van der Waals surface area (Å²) in [6, 6.07) is 15.6. The van der Waals surface area contributed by atoms with Crippen LogP contribution in [0, 0.1) is 5.41 Å². The van der Waals surface area contributed by atoms with Gasteiger partial charge in [-0.15, -0.1) is 0 Å². The fraction of sp³-hybridized carbons (Fsp3) is 0.438. The minimum atomic E-state index is -0.850. The maximum absolute atomic E-state index is 12.0. The van der Waals surface area contributed by atoms with Gasteiger partial charge in [-0.05, 0) is 85.6 Å². The lowest BCUT2D eigenvalue weighted by Crippen LogP contribution is -2.48. The van der Waals surface area contributed by atoms with Gasteiger partial charge in [0.05, 0.1) is 0 Å². The molecule has 2 amide bonds. The van der Waals surface area contributed by atoms with Gasteiger partial charge in [-0.2, -0.15) is 0 Å². The number of hydrogen-bond donors (Lipinski definition) is 3. The Morgan fingerprint density at radius 2 is 1.32 bits per heavy atom. The highest BCUT2D eigenvalue weighted by molar-refractivity contribution is 5.74. The lowest BCUT2D eigenvalue weighted by atomic mass is 9.79. The molecule has 5 N–H and O–H groups in total. The van der Waals surface area contributed by atoms with Crippen molar-refractivity contribution in [3.05, 3.63) is 71.8 Å². The van der Waals surface area contributed by atoms with Gasteiger partial charge in [-0.25, -0.2) is 9.59 Å². The Morgan fingerprint density at radius 3 is 1.75 bits per heavy atom. The minimum Gasteiger partial charge on any atom is -0.465 e. The van der Waals surface area contributed by atoms with Crippen LogP contribution < -0.4 is 11.5 Å². The van der Waals surface area contributed by atoms with Crippen molar-refractivity contribution in [2.24, 2.45) is 5.41 Å². The molecule has 2 aliphatic heterocycles. The Kier molecular flexibility index (Phi) is 9.56. The average Bonchev–Trinajstić information content (AvgIpc) is 2.88. The summed E-state index contributed by atoms with van der Waals surface area (Å²) >= 11 is 0. The van der Waals surface area contributed by atoms with E-state index >= 15 is 0 Å². The Morgan fingerprint density at radius 1 is 0.825 bits per heavy atom. The van der Waals surface area contributed by atoms with Crippen molar-refractivity contribution in [3.63, 3.8) is 0 Å². The second-order valence-electron chi connectivity index (χ2n) is 12.4. The first-order valence-electron chi connectivity index (χ1n) is 13.7. The molecule has 0 saturated carbocycles. The van der Waals surface area contributed by atoms with Gasteiger partial charge >= 0.3 is 12.2 Å². The fourth-order valence-electron chi connectivity index (χ4n) is 4.78. The summed E-state index contributed by atoms with van der Waals surface area (Å²) in [6.45, 7) is 13.6. The predicted molar refractivity (Wildman–Crippen MR) is 163 cm³/mol. The molecule has 216 valence electrons. The van der Waals surface area contributed by atoms with Gasteiger partial charge < -0.3 is 31.1 Å². The number of hydrogen-bond acceptors (Lipinski definition) is 5. The molecule has 0 saturated heterocycles. The first kappa shape index (κ1) is 30.6. The van der Waals surface area contributed by atoms with Gasteiger partial charge in [0.15, 0.2) is 0 Å². The molecule has 0 spiro atoms. The van der Waals surface area contributed by atoms with Crippen molar-refractivity contribution < 1.29 is 19.4 Å². The maximum atomic E-state index is 12.0. The summed E-state index contributed by atoms with van der Waals surface area (Å²) in [5.74, 6) is 0. The monoisotopic (exact) mass is 548 g/mol. The number of carboxylic acid groups (broad SMARTS) is 1. The zero-order chi connectivity index (χ0) is 29.7. The average molecular weight is 549 g/mol. The SMILES string of the molecule is CC(C)(C)C1CC(c2ccc(N)cc2)=CCN1C(=O)O.CC(C)(C)OC(=O)N1CC=C(c2ccc(N)cc2)CC1. The molecule has 0 radical (unpaired) electrons. The number of benzene rings is 2. The minimum absolute atomic E-state index is 0.0162. The van der Waals surface area contributed by atoms with Gasteiger partial charge in [-0.3, -0.25) is 0 Å². The third-order valence-corrected chi connectivity index (χ3v) is 6.99. The topological polar surface area (TPSA) is 122 Å². The Balaban J connectivity index is 0.000000220. The van der Waals surface area contributed by atoms with Crippen LogP contribution in [0.4, 0.5) is 21.0 Å². The van der Waals surface area contributed by atoms with Gasteiger partial charge in [-0.1, -0.05) is 57.2 Å². The van der Waals surface area contributed by atoms with E-state index in [2.05, 4.69) is 26.8 Å².